The number of aryl methyl sites for hydroxylation is 1. The Morgan fingerprint density at radius 2 is 1.82 bits per heavy atom. The summed E-state index contributed by atoms with van der Waals surface area (Å²) in [6, 6.07) is 9.00. The van der Waals surface area contributed by atoms with E-state index in [1.807, 2.05) is 25.1 Å². The zero-order valence-corrected chi connectivity index (χ0v) is 19.8. The summed E-state index contributed by atoms with van der Waals surface area (Å²) in [5, 5.41) is 11.4. The molecule has 3 aromatic heterocycles. The van der Waals surface area contributed by atoms with Crippen LogP contribution in [-0.2, 0) is 0 Å². The van der Waals surface area contributed by atoms with Gasteiger partial charge in [0.25, 0.3) is 0 Å². The van der Waals surface area contributed by atoms with Crippen molar-refractivity contribution in [3.8, 4) is 11.8 Å². The summed E-state index contributed by atoms with van der Waals surface area (Å²) in [4.78, 5) is 16.7. The number of aromatic nitrogens is 5. The summed E-state index contributed by atoms with van der Waals surface area (Å²) in [7, 11) is 2.11. The first-order valence-corrected chi connectivity index (χ1v) is 11.5. The fourth-order valence-corrected chi connectivity index (χ4v) is 4.03. The lowest BCUT2D eigenvalue weighted by molar-refractivity contribution is 0.311. The average molecular weight is 465 g/mol. The molecule has 5 rings (SSSR count). The third-order valence-electron chi connectivity index (χ3n) is 5.99. The second kappa shape index (κ2) is 8.94. The Kier molecular flexibility index (Phi) is 5.82. The van der Waals surface area contributed by atoms with Crippen LogP contribution in [0.5, 0.6) is 11.8 Å². The number of anilines is 3. The van der Waals surface area contributed by atoms with Gasteiger partial charge in [-0.2, -0.15) is 15.1 Å². The highest BCUT2D eigenvalue weighted by atomic mass is 19.1. The summed E-state index contributed by atoms with van der Waals surface area (Å²) in [6.07, 6.45) is 0. The molecular weight excluding hydrogens is 435 g/mol. The van der Waals surface area contributed by atoms with Crippen LogP contribution < -0.4 is 15.0 Å². The van der Waals surface area contributed by atoms with Crippen LogP contribution in [0.2, 0.25) is 0 Å². The predicted molar refractivity (Wildman–Crippen MR) is 131 cm³/mol. The second-order valence-corrected chi connectivity index (χ2v) is 9.10. The zero-order chi connectivity index (χ0) is 23.8. The number of halogens is 1. The Morgan fingerprint density at radius 1 is 1.03 bits per heavy atom. The minimum atomic E-state index is -0.382. The number of rotatable bonds is 6. The molecule has 0 saturated carbocycles. The highest BCUT2D eigenvalue weighted by molar-refractivity contribution is 5.82. The standard InChI is InChI=1S/C24H29FN8O/c1-14(2)19-12-21(31-30-19)27-20-13-22(33-7-5-32(4)6-8-33)29-24(28-20)34-17-10-16-9-15(3)26-23(16)18(25)11-17/h9-14,26H,5-8H2,1-4H3,(H2,27,28,29,30,31). The van der Waals surface area contributed by atoms with Crippen LogP contribution in [0.4, 0.5) is 21.8 Å². The number of nitrogens with zero attached hydrogens (tertiary/aromatic N) is 5. The quantitative estimate of drug-likeness (QED) is 0.385. The van der Waals surface area contributed by atoms with Crippen LogP contribution in [0, 0.1) is 12.7 Å². The van der Waals surface area contributed by atoms with Crippen LogP contribution in [0.3, 0.4) is 0 Å². The van der Waals surface area contributed by atoms with Crippen molar-refractivity contribution in [1.29, 1.82) is 0 Å². The Hall–Kier alpha value is -3.66. The zero-order valence-electron chi connectivity index (χ0n) is 19.8. The summed E-state index contributed by atoms with van der Waals surface area (Å²) in [5.74, 6) is 2.25. The molecule has 0 amide bonds. The van der Waals surface area contributed by atoms with Crippen LogP contribution in [0.15, 0.2) is 30.3 Å². The number of hydrogen-bond acceptors (Lipinski definition) is 7. The van der Waals surface area contributed by atoms with Gasteiger partial charge in [-0.1, -0.05) is 13.8 Å². The van der Waals surface area contributed by atoms with Gasteiger partial charge in [-0.15, -0.1) is 0 Å². The van der Waals surface area contributed by atoms with E-state index in [2.05, 4.69) is 61.2 Å². The molecule has 4 aromatic rings. The van der Waals surface area contributed by atoms with Crippen molar-refractivity contribution in [3.05, 3.63) is 47.5 Å². The van der Waals surface area contributed by atoms with E-state index in [1.165, 1.54) is 6.07 Å². The fraction of sp³-hybridized carbons (Fsp3) is 0.375. The fourth-order valence-electron chi connectivity index (χ4n) is 4.03. The molecular formula is C24H29FN8O. The molecule has 0 bridgehead atoms. The number of ether oxygens (including phenoxy) is 1. The SMILES string of the molecule is Cc1cc2cc(Oc3nc(Nc4cc(C(C)C)[nH]n4)cc(N4CCN(C)CC4)n3)cc(F)c2[nH]1. The van der Waals surface area contributed by atoms with Crippen molar-refractivity contribution < 1.29 is 9.13 Å². The average Bonchev–Trinajstić information content (AvgIpc) is 3.40. The maximum absolute atomic E-state index is 14.6. The van der Waals surface area contributed by atoms with Crippen molar-refractivity contribution >= 4 is 28.4 Å². The molecule has 1 aromatic carbocycles. The summed E-state index contributed by atoms with van der Waals surface area (Å²) in [6.45, 7) is 9.65. The highest BCUT2D eigenvalue weighted by Gasteiger charge is 2.19. The first kappa shape index (κ1) is 22.1. The van der Waals surface area contributed by atoms with E-state index in [9.17, 15) is 4.39 Å². The van der Waals surface area contributed by atoms with E-state index in [0.717, 1.165) is 48.8 Å². The molecule has 0 radical (unpaired) electrons. The molecule has 0 atom stereocenters. The molecule has 9 nitrogen and oxygen atoms in total. The van der Waals surface area contributed by atoms with Crippen LogP contribution in [-0.4, -0.2) is 63.3 Å². The number of hydrogen-bond donors (Lipinski definition) is 3. The van der Waals surface area contributed by atoms with Gasteiger partial charge in [0.05, 0.1) is 5.52 Å². The van der Waals surface area contributed by atoms with Gasteiger partial charge in [-0.3, -0.25) is 5.10 Å². The summed E-state index contributed by atoms with van der Waals surface area (Å²) >= 11 is 0. The summed E-state index contributed by atoms with van der Waals surface area (Å²) in [5.41, 5.74) is 2.36. The van der Waals surface area contributed by atoms with Gasteiger partial charge < -0.3 is 24.8 Å². The molecule has 1 aliphatic rings. The van der Waals surface area contributed by atoms with E-state index < -0.39 is 0 Å². The van der Waals surface area contributed by atoms with Gasteiger partial charge in [0.2, 0.25) is 0 Å². The molecule has 10 heteroatoms. The van der Waals surface area contributed by atoms with Crippen LogP contribution in [0.25, 0.3) is 10.9 Å². The molecule has 0 unspecified atom stereocenters. The monoisotopic (exact) mass is 464 g/mol. The Morgan fingerprint density at radius 3 is 2.56 bits per heavy atom. The van der Waals surface area contributed by atoms with E-state index in [1.54, 1.807) is 6.07 Å². The topological polar surface area (TPSA) is 98.0 Å². The number of aromatic amines is 2. The van der Waals surface area contributed by atoms with E-state index in [0.29, 0.717) is 28.8 Å². The molecule has 0 aliphatic carbocycles. The second-order valence-electron chi connectivity index (χ2n) is 9.10. The van der Waals surface area contributed by atoms with Crippen LogP contribution in [0.1, 0.15) is 31.2 Å². The maximum atomic E-state index is 14.6. The molecule has 1 saturated heterocycles. The highest BCUT2D eigenvalue weighted by Crippen LogP contribution is 2.30. The first-order chi connectivity index (χ1) is 16.3. The van der Waals surface area contributed by atoms with Crippen molar-refractivity contribution in [3.63, 3.8) is 0 Å². The minimum Gasteiger partial charge on any atom is -0.424 e. The van der Waals surface area contributed by atoms with Gasteiger partial charge in [0.1, 0.15) is 17.4 Å². The largest absolute Gasteiger partial charge is 0.424 e. The van der Waals surface area contributed by atoms with Crippen molar-refractivity contribution in [2.24, 2.45) is 0 Å². The third-order valence-corrected chi connectivity index (χ3v) is 5.99. The Balaban J connectivity index is 1.47. The Bertz CT molecular complexity index is 1310. The molecule has 0 spiro atoms. The first-order valence-electron chi connectivity index (χ1n) is 11.5. The number of fused-ring (bicyclic) bond motifs is 1. The normalized spacial score (nSPS) is 14.8. The number of H-pyrrole nitrogens is 2. The van der Waals surface area contributed by atoms with Gasteiger partial charge in [0, 0.05) is 61.2 Å². The van der Waals surface area contributed by atoms with Gasteiger partial charge in [0.15, 0.2) is 11.6 Å². The third kappa shape index (κ3) is 4.67. The molecule has 34 heavy (non-hydrogen) atoms. The number of likely N-dealkylation sites (N-methyl/N-ethyl adjacent to an activating group) is 1. The Labute approximate surface area is 197 Å². The minimum absolute atomic E-state index is 0.143. The van der Waals surface area contributed by atoms with Crippen LogP contribution >= 0.6 is 0 Å². The maximum Gasteiger partial charge on any atom is 0.325 e. The van der Waals surface area contributed by atoms with Gasteiger partial charge in [-0.05, 0) is 32.0 Å². The molecule has 1 aliphatic heterocycles. The molecule has 1 fully saturated rings. The number of benzene rings is 1. The lowest BCUT2D eigenvalue weighted by atomic mass is 10.1. The van der Waals surface area contributed by atoms with Gasteiger partial charge in [-0.25, -0.2) is 4.39 Å². The van der Waals surface area contributed by atoms with E-state index >= 15 is 0 Å². The van der Waals surface area contributed by atoms with Crippen molar-refractivity contribution in [2.45, 2.75) is 26.7 Å². The lowest BCUT2D eigenvalue weighted by Gasteiger charge is -2.33. The summed E-state index contributed by atoms with van der Waals surface area (Å²) < 4.78 is 20.6. The van der Waals surface area contributed by atoms with E-state index in [4.69, 9.17) is 4.74 Å². The molecule has 4 heterocycles. The van der Waals surface area contributed by atoms with Crippen molar-refractivity contribution in [1.82, 2.24) is 30.0 Å². The molecule has 178 valence electrons. The lowest BCUT2D eigenvalue weighted by Crippen LogP contribution is -2.44. The van der Waals surface area contributed by atoms with E-state index in [-0.39, 0.29) is 11.8 Å². The molecule has 3 N–H and O–H groups in total. The number of piperazine rings is 1. The predicted octanol–water partition coefficient (Wildman–Crippen LogP) is 4.54. The smallest absolute Gasteiger partial charge is 0.325 e. The van der Waals surface area contributed by atoms with Gasteiger partial charge >= 0.3 is 6.01 Å². The number of nitrogens with one attached hydrogen (secondary N) is 3. The van der Waals surface area contributed by atoms with Crippen molar-refractivity contribution in [2.75, 3.05) is 43.4 Å².